The normalized spacial score (nSPS) is 12.9. The molecule has 0 aliphatic heterocycles. The molecule has 1 N–H and O–H groups in total. The predicted molar refractivity (Wildman–Crippen MR) is 82.0 cm³/mol. The Morgan fingerprint density at radius 2 is 2.11 bits per heavy atom. The van der Waals surface area contributed by atoms with E-state index in [4.69, 9.17) is 0 Å². The fourth-order valence-corrected chi connectivity index (χ4v) is 2.50. The molecule has 3 nitrogen and oxygen atoms in total. The summed E-state index contributed by atoms with van der Waals surface area (Å²) in [5, 5.41) is 3.54. The Morgan fingerprint density at radius 3 is 2.79 bits per heavy atom. The van der Waals surface area contributed by atoms with E-state index in [2.05, 4.69) is 69.8 Å². The summed E-state index contributed by atoms with van der Waals surface area (Å²) in [5.41, 5.74) is 2.50. The van der Waals surface area contributed by atoms with Crippen LogP contribution in [0.4, 0.5) is 0 Å². The van der Waals surface area contributed by atoms with Crippen molar-refractivity contribution in [2.75, 3.05) is 0 Å². The molecule has 19 heavy (non-hydrogen) atoms. The van der Waals surface area contributed by atoms with Crippen molar-refractivity contribution >= 4 is 15.9 Å². The molecule has 0 spiro atoms. The van der Waals surface area contributed by atoms with Gasteiger partial charge >= 0.3 is 0 Å². The number of nitrogens with one attached hydrogen (secondary N) is 1. The van der Waals surface area contributed by atoms with Crippen LogP contribution in [0.3, 0.4) is 0 Å². The van der Waals surface area contributed by atoms with Crippen molar-refractivity contribution in [3.05, 3.63) is 52.5 Å². The van der Waals surface area contributed by atoms with Gasteiger partial charge in [0.25, 0.3) is 0 Å². The van der Waals surface area contributed by atoms with E-state index in [-0.39, 0.29) is 0 Å². The summed E-state index contributed by atoms with van der Waals surface area (Å²) in [6, 6.07) is 9.16. The lowest BCUT2D eigenvalue weighted by Crippen LogP contribution is -2.20. The molecule has 4 heteroatoms. The number of halogens is 1. The first kappa shape index (κ1) is 14.3. The van der Waals surface area contributed by atoms with Gasteiger partial charge < -0.3 is 9.88 Å². The molecule has 1 heterocycles. The van der Waals surface area contributed by atoms with Crippen molar-refractivity contribution in [3.63, 3.8) is 0 Å². The zero-order valence-electron chi connectivity index (χ0n) is 11.6. The number of aromatic nitrogens is 2. The molecular formula is C15H20BrN3. The van der Waals surface area contributed by atoms with E-state index in [0.29, 0.717) is 12.1 Å². The lowest BCUT2D eigenvalue weighted by molar-refractivity contribution is 0.518. The van der Waals surface area contributed by atoms with Crippen LogP contribution in [0.1, 0.15) is 44.1 Å². The first-order valence-corrected chi connectivity index (χ1v) is 7.36. The van der Waals surface area contributed by atoms with Gasteiger partial charge in [0.15, 0.2) is 0 Å². The van der Waals surface area contributed by atoms with Gasteiger partial charge in [-0.25, -0.2) is 4.98 Å². The third-order valence-corrected chi connectivity index (χ3v) is 3.73. The zero-order valence-corrected chi connectivity index (χ0v) is 13.2. The van der Waals surface area contributed by atoms with Crippen molar-refractivity contribution in [2.45, 2.75) is 39.4 Å². The molecule has 1 atom stereocenters. The molecule has 0 saturated carbocycles. The quantitative estimate of drug-likeness (QED) is 0.899. The van der Waals surface area contributed by atoms with Crippen LogP contribution in [0.2, 0.25) is 0 Å². The molecular weight excluding hydrogens is 302 g/mol. The first-order valence-electron chi connectivity index (χ1n) is 6.57. The third kappa shape index (κ3) is 3.67. The summed E-state index contributed by atoms with van der Waals surface area (Å²) in [6.45, 7) is 7.34. The molecule has 0 fully saturated rings. The van der Waals surface area contributed by atoms with Crippen LogP contribution in [0.5, 0.6) is 0 Å². The average Bonchev–Trinajstić information content (AvgIpc) is 2.84. The molecule has 0 aliphatic rings. The Kier molecular flexibility index (Phi) is 4.77. The van der Waals surface area contributed by atoms with Crippen molar-refractivity contribution in [2.24, 2.45) is 0 Å². The lowest BCUT2D eigenvalue weighted by atomic mass is 10.1. The van der Waals surface area contributed by atoms with Gasteiger partial charge in [-0.15, -0.1) is 0 Å². The molecule has 0 amide bonds. The minimum atomic E-state index is 0.313. The van der Waals surface area contributed by atoms with E-state index in [1.807, 2.05) is 18.6 Å². The predicted octanol–water partition coefficient (Wildman–Crippen LogP) is 4.08. The number of imidazole rings is 1. The van der Waals surface area contributed by atoms with Crippen LogP contribution in [0.15, 0.2) is 41.3 Å². The number of hydrogen-bond acceptors (Lipinski definition) is 2. The van der Waals surface area contributed by atoms with Gasteiger partial charge in [-0.05, 0) is 38.5 Å². The van der Waals surface area contributed by atoms with Crippen LogP contribution in [0.25, 0.3) is 0 Å². The smallest absolute Gasteiger partial charge is 0.0951 e. The second kappa shape index (κ2) is 6.35. The van der Waals surface area contributed by atoms with E-state index in [0.717, 1.165) is 11.0 Å². The topological polar surface area (TPSA) is 29.9 Å². The van der Waals surface area contributed by atoms with E-state index in [9.17, 15) is 0 Å². The second-order valence-corrected chi connectivity index (χ2v) is 5.96. The maximum Gasteiger partial charge on any atom is 0.0951 e. The van der Waals surface area contributed by atoms with Crippen molar-refractivity contribution in [3.8, 4) is 0 Å². The van der Waals surface area contributed by atoms with E-state index < -0.39 is 0 Å². The minimum absolute atomic E-state index is 0.313. The average molecular weight is 322 g/mol. The molecule has 0 saturated heterocycles. The van der Waals surface area contributed by atoms with Gasteiger partial charge in [-0.1, -0.05) is 28.1 Å². The van der Waals surface area contributed by atoms with E-state index >= 15 is 0 Å². The summed E-state index contributed by atoms with van der Waals surface area (Å²) in [5.74, 6) is 0. The summed E-state index contributed by atoms with van der Waals surface area (Å²) >= 11 is 3.51. The number of hydrogen-bond donors (Lipinski definition) is 1. The minimum Gasteiger partial charge on any atom is -0.331 e. The SMILES string of the molecule is CC(NCc1cncn1C(C)C)c1cccc(Br)c1. The number of benzene rings is 1. The Hall–Kier alpha value is -1.13. The Morgan fingerprint density at radius 1 is 1.32 bits per heavy atom. The molecule has 0 bridgehead atoms. The summed E-state index contributed by atoms with van der Waals surface area (Å²) < 4.78 is 3.31. The largest absolute Gasteiger partial charge is 0.331 e. The van der Waals surface area contributed by atoms with Gasteiger partial charge in [-0.2, -0.15) is 0 Å². The monoisotopic (exact) mass is 321 g/mol. The summed E-state index contributed by atoms with van der Waals surface area (Å²) in [6.07, 6.45) is 3.83. The molecule has 2 aromatic rings. The van der Waals surface area contributed by atoms with Crippen LogP contribution >= 0.6 is 15.9 Å². The number of nitrogens with zero attached hydrogens (tertiary/aromatic N) is 2. The van der Waals surface area contributed by atoms with Gasteiger partial charge in [0.1, 0.15) is 0 Å². The Labute approximate surface area is 123 Å². The Balaban J connectivity index is 2.00. The maximum atomic E-state index is 4.22. The zero-order chi connectivity index (χ0) is 13.8. The Bertz CT molecular complexity index is 534. The van der Waals surface area contributed by atoms with Gasteiger partial charge in [-0.3, -0.25) is 0 Å². The molecule has 0 radical (unpaired) electrons. The lowest BCUT2D eigenvalue weighted by Gasteiger charge is -2.17. The van der Waals surface area contributed by atoms with Crippen LogP contribution < -0.4 is 5.32 Å². The fourth-order valence-electron chi connectivity index (χ4n) is 2.09. The summed E-state index contributed by atoms with van der Waals surface area (Å²) in [4.78, 5) is 4.22. The highest BCUT2D eigenvalue weighted by atomic mass is 79.9. The third-order valence-electron chi connectivity index (χ3n) is 3.24. The van der Waals surface area contributed by atoms with Crippen molar-refractivity contribution in [1.29, 1.82) is 0 Å². The highest BCUT2D eigenvalue weighted by Gasteiger charge is 2.08. The van der Waals surface area contributed by atoms with Crippen LogP contribution in [0, 0.1) is 0 Å². The molecule has 0 aliphatic carbocycles. The highest BCUT2D eigenvalue weighted by molar-refractivity contribution is 9.10. The second-order valence-electron chi connectivity index (χ2n) is 5.04. The standard InChI is InChI=1S/C15H20BrN3/c1-11(2)19-10-17-8-15(19)9-18-12(3)13-5-4-6-14(16)7-13/h4-8,10-12,18H,9H2,1-3H3. The van der Waals surface area contributed by atoms with E-state index in [1.54, 1.807) is 0 Å². The molecule has 2 rings (SSSR count). The van der Waals surface area contributed by atoms with Gasteiger partial charge in [0.05, 0.1) is 12.0 Å². The summed E-state index contributed by atoms with van der Waals surface area (Å²) in [7, 11) is 0. The molecule has 1 aromatic heterocycles. The van der Waals surface area contributed by atoms with Crippen molar-refractivity contribution in [1.82, 2.24) is 14.9 Å². The molecule has 1 unspecified atom stereocenters. The van der Waals surface area contributed by atoms with Gasteiger partial charge in [0, 0.05) is 29.3 Å². The van der Waals surface area contributed by atoms with E-state index in [1.165, 1.54) is 11.3 Å². The highest BCUT2D eigenvalue weighted by Crippen LogP contribution is 2.18. The van der Waals surface area contributed by atoms with Crippen LogP contribution in [-0.2, 0) is 6.54 Å². The van der Waals surface area contributed by atoms with Crippen molar-refractivity contribution < 1.29 is 0 Å². The van der Waals surface area contributed by atoms with Crippen LogP contribution in [-0.4, -0.2) is 9.55 Å². The van der Waals surface area contributed by atoms with Gasteiger partial charge in [0.2, 0.25) is 0 Å². The maximum absolute atomic E-state index is 4.22. The number of rotatable bonds is 5. The molecule has 1 aromatic carbocycles. The molecule has 102 valence electrons. The first-order chi connectivity index (χ1) is 9.08. The fraction of sp³-hybridized carbons (Fsp3) is 0.400.